The quantitative estimate of drug-likeness (QED) is 0.310. The third-order valence-electron chi connectivity index (χ3n) is 5.83. The van der Waals surface area contributed by atoms with E-state index in [0.29, 0.717) is 39.0 Å². The maximum Gasteiger partial charge on any atom is 0.297 e. The summed E-state index contributed by atoms with van der Waals surface area (Å²) < 4.78 is 11.8. The third kappa shape index (κ3) is 3.77. The zero-order valence-electron chi connectivity index (χ0n) is 18.1. The van der Waals surface area contributed by atoms with Gasteiger partial charge in [-0.05, 0) is 41.5 Å². The number of ether oxygens (including phenoxy) is 1. The largest absolute Gasteiger partial charge is 0.489 e. The molecule has 2 aromatic heterocycles. The summed E-state index contributed by atoms with van der Waals surface area (Å²) in [4.78, 5) is 28.5. The second-order valence-corrected chi connectivity index (χ2v) is 9.20. The molecule has 3 heterocycles. The highest BCUT2D eigenvalue weighted by Crippen LogP contribution is 2.42. The first-order valence-corrected chi connectivity index (χ1v) is 12.0. The molecule has 0 bridgehead atoms. The fourth-order valence-corrected chi connectivity index (χ4v) is 4.97. The Morgan fingerprint density at radius 1 is 1.03 bits per heavy atom. The molecule has 1 atom stereocenters. The molecule has 0 N–H and O–H groups in total. The van der Waals surface area contributed by atoms with Crippen LogP contribution in [0.15, 0.2) is 87.5 Å². The van der Waals surface area contributed by atoms with E-state index in [9.17, 15) is 9.59 Å². The van der Waals surface area contributed by atoms with Gasteiger partial charge in [0, 0.05) is 5.02 Å². The summed E-state index contributed by atoms with van der Waals surface area (Å²) in [6, 6.07) is 21.2. The van der Waals surface area contributed by atoms with Gasteiger partial charge in [0.05, 0.1) is 17.0 Å². The van der Waals surface area contributed by atoms with Gasteiger partial charge in [-0.15, -0.1) is 10.2 Å². The monoisotopic (exact) mass is 501 g/mol. The first kappa shape index (κ1) is 21.5. The molecular formula is C26H16ClN3O4S. The van der Waals surface area contributed by atoms with Crippen molar-refractivity contribution in [2.45, 2.75) is 12.6 Å². The molecule has 7 nitrogen and oxygen atoms in total. The Balaban J connectivity index is 1.43. The molecule has 0 saturated heterocycles. The van der Waals surface area contributed by atoms with Gasteiger partial charge in [-0.1, -0.05) is 65.4 Å². The maximum absolute atomic E-state index is 13.6. The van der Waals surface area contributed by atoms with Crippen LogP contribution < -0.4 is 15.1 Å². The molecule has 0 spiro atoms. The third-order valence-corrected chi connectivity index (χ3v) is 6.75. The van der Waals surface area contributed by atoms with Crippen molar-refractivity contribution in [3.8, 4) is 5.75 Å². The molecule has 0 aliphatic carbocycles. The summed E-state index contributed by atoms with van der Waals surface area (Å²) in [6.07, 6.45) is 0. The average Bonchev–Trinajstić information content (AvgIpc) is 3.51. The van der Waals surface area contributed by atoms with Gasteiger partial charge in [-0.2, -0.15) is 0 Å². The highest BCUT2D eigenvalue weighted by molar-refractivity contribution is 7.13. The number of hydrogen-bond acceptors (Lipinski definition) is 7. The fourth-order valence-electron chi connectivity index (χ4n) is 4.22. The van der Waals surface area contributed by atoms with Gasteiger partial charge in [0.1, 0.15) is 23.4 Å². The Hall–Kier alpha value is -4.01. The molecular weight excluding hydrogens is 486 g/mol. The van der Waals surface area contributed by atoms with Crippen LogP contribution in [0.5, 0.6) is 5.75 Å². The predicted molar refractivity (Wildman–Crippen MR) is 133 cm³/mol. The van der Waals surface area contributed by atoms with Crippen LogP contribution in [0.1, 0.15) is 33.3 Å². The van der Waals surface area contributed by atoms with Crippen molar-refractivity contribution in [2.75, 3.05) is 4.90 Å². The van der Waals surface area contributed by atoms with Gasteiger partial charge in [0.25, 0.3) is 5.91 Å². The van der Waals surface area contributed by atoms with Crippen LogP contribution in [0.2, 0.25) is 5.02 Å². The zero-order valence-corrected chi connectivity index (χ0v) is 19.6. The van der Waals surface area contributed by atoms with Crippen molar-refractivity contribution in [2.24, 2.45) is 0 Å². The van der Waals surface area contributed by atoms with Gasteiger partial charge in [0.15, 0.2) is 5.43 Å². The molecule has 6 rings (SSSR count). The first-order valence-electron chi connectivity index (χ1n) is 10.7. The Bertz CT molecular complexity index is 1600. The summed E-state index contributed by atoms with van der Waals surface area (Å²) >= 11 is 7.34. The van der Waals surface area contributed by atoms with Crippen molar-refractivity contribution in [1.29, 1.82) is 0 Å². The molecule has 0 radical (unpaired) electrons. The van der Waals surface area contributed by atoms with E-state index >= 15 is 0 Å². The van der Waals surface area contributed by atoms with Gasteiger partial charge in [-0.3, -0.25) is 14.5 Å². The lowest BCUT2D eigenvalue weighted by atomic mass is 9.98. The molecule has 0 fully saturated rings. The summed E-state index contributed by atoms with van der Waals surface area (Å²) in [5.41, 5.74) is 3.55. The number of aromatic nitrogens is 2. The minimum absolute atomic E-state index is 0.00516. The van der Waals surface area contributed by atoms with Crippen molar-refractivity contribution in [3.63, 3.8) is 0 Å². The van der Waals surface area contributed by atoms with Crippen LogP contribution >= 0.6 is 22.9 Å². The minimum atomic E-state index is -0.728. The van der Waals surface area contributed by atoms with Crippen molar-refractivity contribution in [1.82, 2.24) is 10.2 Å². The van der Waals surface area contributed by atoms with E-state index in [-0.39, 0.29) is 16.8 Å². The predicted octanol–water partition coefficient (Wildman–Crippen LogP) is 5.63. The van der Waals surface area contributed by atoms with E-state index in [4.69, 9.17) is 20.8 Å². The Morgan fingerprint density at radius 3 is 2.57 bits per heavy atom. The van der Waals surface area contributed by atoms with E-state index in [0.717, 1.165) is 5.56 Å². The van der Waals surface area contributed by atoms with Crippen LogP contribution in [0.4, 0.5) is 5.13 Å². The van der Waals surface area contributed by atoms with Gasteiger partial charge >= 0.3 is 0 Å². The smallest absolute Gasteiger partial charge is 0.297 e. The fraction of sp³-hybridized carbons (Fsp3) is 0.0769. The molecule has 0 saturated carbocycles. The van der Waals surface area contributed by atoms with E-state index < -0.39 is 11.9 Å². The van der Waals surface area contributed by atoms with Crippen LogP contribution in [0, 0.1) is 0 Å². The molecule has 1 aliphatic rings. The second-order valence-electron chi connectivity index (χ2n) is 7.96. The Kier molecular flexibility index (Phi) is 5.32. The van der Waals surface area contributed by atoms with E-state index in [2.05, 4.69) is 10.2 Å². The average molecular weight is 502 g/mol. The molecule has 9 heteroatoms. The lowest BCUT2D eigenvalue weighted by molar-refractivity contribution is 0.0970. The minimum Gasteiger partial charge on any atom is -0.489 e. The SMILES string of the molecule is O=C1c2oc3ccc(Cl)cc3c(=O)c2C(c2ccc(OCc3ccccc3)cc2)N1c1nncs1. The molecule has 5 aromatic rings. The number of rotatable bonds is 5. The van der Waals surface area contributed by atoms with Crippen LogP contribution in [-0.4, -0.2) is 16.1 Å². The molecule has 1 unspecified atom stereocenters. The van der Waals surface area contributed by atoms with Crippen molar-refractivity contribution < 1.29 is 13.9 Å². The van der Waals surface area contributed by atoms with Crippen LogP contribution in [0.25, 0.3) is 11.0 Å². The molecule has 1 amide bonds. The first-order chi connectivity index (χ1) is 17.1. The topological polar surface area (TPSA) is 85.5 Å². The summed E-state index contributed by atoms with van der Waals surface area (Å²) in [6.45, 7) is 0.429. The molecule has 1 aliphatic heterocycles. The number of benzene rings is 3. The number of nitrogens with zero attached hydrogens (tertiary/aromatic N) is 3. The number of fused-ring (bicyclic) bond motifs is 2. The van der Waals surface area contributed by atoms with Crippen LogP contribution in [-0.2, 0) is 6.61 Å². The zero-order chi connectivity index (χ0) is 23.9. The van der Waals surface area contributed by atoms with Gasteiger partial charge < -0.3 is 9.15 Å². The lowest BCUT2D eigenvalue weighted by Gasteiger charge is -2.22. The number of hydrogen-bond donors (Lipinski definition) is 0. The van der Waals surface area contributed by atoms with E-state index in [1.165, 1.54) is 21.7 Å². The van der Waals surface area contributed by atoms with Crippen molar-refractivity contribution >= 4 is 44.9 Å². The standard InChI is InChI=1S/C26H16ClN3O4S/c27-17-8-11-20-19(12-17)23(31)21-22(30(25(32)24(21)34-20)26-29-28-14-35-26)16-6-9-18(10-7-16)33-13-15-4-2-1-3-5-15/h1-12,14,22H,13H2. The Morgan fingerprint density at radius 2 is 1.83 bits per heavy atom. The molecule has 3 aromatic carbocycles. The van der Waals surface area contributed by atoms with Gasteiger partial charge in [-0.25, -0.2) is 0 Å². The number of halogens is 1. The maximum atomic E-state index is 13.6. The number of amides is 1. The number of carbonyl (C=O) groups is 1. The summed E-state index contributed by atoms with van der Waals surface area (Å²) in [7, 11) is 0. The van der Waals surface area contributed by atoms with Crippen LogP contribution in [0.3, 0.4) is 0 Å². The highest BCUT2D eigenvalue weighted by Gasteiger charge is 2.45. The Labute approximate surface area is 208 Å². The number of carbonyl (C=O) groups excluding carboxylic acids is 1. The van der Waals surface area contributed by atoms with Crippen molar-refractivity contribution in [3.05, 3.63) is 116 Å². The summed E-state index contributed by atoms with van der Waals surface area (Å²) in [5, 5.41) is 9.06. The molecule has 35 heavy (non-hydrogen) atoms. The van der Waals surface area contributed by atoms with E-state index in [1.807, 2.05) is 54.6 Å². The normalized spacial score (nSPS) is 14.9. The van der Waals surface area contributed by atoms with Gasteiger partial charge in [0.2, 0.25) is 10.9 Å². The summed E-state index contributed by atoms with van der Waals surface area (Å²) in [5.74, 6) is 0.219. The van der Waals surface area contributed by atoms with E-state index in [1.54, 1.807) is 18.2 Å². The lowest BCUT2D eigenvalue weighted by Crippen LogP contribution is -2.29. The highest BCUT2D eigenvalue weighted by atomic mass is 35.5. The number of anilines is 1. The molecule has 172 valence electrons. The second kappa shape index (κ2) is 8.65.